The number of carbonyl (C=O) groups excluding carboxylic acids is 1. The first kappa shape index (κ1) is 14.2. The molecule has 1 aliphatic heterocycles. The van der Waals surface area contributed by atoms with Gasteiger partial charge >= 0.3 is 0 Å². The van der Waals surface area contributed by atoms with E-state index in [9.17, 15) is 4.79 Å². The molecule has 0 aromatic heterocycles. The second-order valence-corrected chi connectivity index (χ2v) is 6.80. The molecule has 1 rings (SSSR count). The normalized spacial score (nSPS) is 21.1. The molecule has 16 heavy (non-hydrogen) atoms. The van der Waals surface area contributed by atoms with Crippen molar-refractivity contribution in [2.75, 3.05) is 30.3 Å². The maximum atomic E-state index is 11.3. The van der Waals surface area contributed by atoms with Crippen LogP contribution in [0.4, 0.5) is 0 Å². The summed E-state index contributed by atoms with van der Waals surface area (Å²) < 4.78 is 0. The van der Waals surface area contributed by atoms with Crippen LogP contribution in [0.1, 0.15) is 20.3 Å². The molecule has 1 heterocycles. The average molecular weight is 262 g/mol. The standard InChI is InChI=1S/C11H22N2OS2/c1-9(2)13-11(14)3-4-12-7-10-8-15-5-6-16-10/h9-10,12H,3-8H2,1-2H3,(H,13,14). The maximum Gasteiger partial charge on any atom is 0.221 e. The number of thioether (sulfide) groups is 2. The lowest BCUT2D eigenvalue weighted by molar-refractivity contribution is -0.121. The van der Waals surface area contributed by atoms with Gasteiger partial charge < -0.3 is 10.6 Å². The molecule has 1 aliphatic rings. The minimum absolute atomic E-state index is 0.146. The number of hydrogen-bond acceptors (Lipinski definition) is 4. The largest absolute Gasteiger partial charge is 0.354 e. The van der Waals surface area contributed by atoms with Crippen LogP contribution in [0.25, 0.3) is 0 Å². The molecule has 1 atom stereocenters. The van der Waals surface area contributed by atoms with Gasteiger partial charge in [0.05, 0.1) is 0 Å². The van der Waals surface area contributed by atoms with Gasteiger partial charge in [0.25, 0.3) is 0 Å². The van der Waals surface area contributed by atoms with Crippen molar-refractivity contribution in [3.05, 3.63) is 0 Å². The molecule has 1 fully saturated rings. The lowest BCUT2D eigenvalue weighted by Crippen LogP contribution is -2.35. The highest BCUT2D eigenvalue weighted by molar-refractivity contribution is 8.06. The highest BCUT2D eigenvalue weighted by Crippen LogP contribution is 2.23. The van der Waals surface area contributed by atoms with Crippen molar-refractivity contribution >= 4 is 29.4 Å². The summed E-state index contributed by atoms with van der Waals surface area (Å²) in [6, 6.07) is 0.248. The van der Waals surface area contributed by atoms with E-state index in [4.69, 9.17) is 0 Å². The van der Waals surface area contributed by atoms with Gasteiger partial charge in [-0.3, -0.25) is 4.79 Å². The monoisotopic (exact) mass is 262 g/mol. The Balaban J connectivity index is 1.96. The van der Waals surface area contributed by atoms with E-state index in [-0.39, 0.29) is 11.9 Å². The van der Waals surface area contributed by atoms with E-state index in [1.165, 1.54) is 17.3 Å². The third-order valence-electron chi connectivity index (χ3n) is 2.24. The molecular formula is C11H22N2OS2. The molecule has 1 amide bonds. The molecule has 0 aromatic rings. The second-order valence-electron chi connectivity index (χ2n) is 4.24. The number of nitrogens with one attached hydrogen (secondary N) is 2. The van der Waals surface area contributed by atoms with Gasteiger partial charge in [0.1, 0.15) is 0 Å². The number of rotatable bonds is 6. The lowest BCUT2D eigenvalue weighted by atomic mass is 10.3. The van der Waals surface area contributed by atoms with Gasteiger partial charge in [-0.15, -0.1) is 0 Å². The van der Waals surface area contributed by atoms with Crippen molar-refractivity contribution in [3.63, 3.8) is 0 Å². The van der Waals surface area contributed by atoms with Crippen LogP contribution in [0.3, 0.4) is 0 Å². The molecule has 5 heteroatoms. The average Bonchev–Trinajstić information content (AvgIpc) is 2.25. The fourth-order valence-corrected chi connectivity index (χ4v) is 4.16. The van der Waals surface area contributed by atoms with E-state index in [0.29, 0.717) is 6.42 Å². The smallest absolute Gasteiger partial charge is 0.221 e. The van der Waals surface area contributed by atoms with Crippen molar-refractivity contribution < 1.29 is 4.79 Å². The Hall–Kier alpha value is 0.130. The van der Waals surface area contributed by atoms with E-state index in [1.54, 1.807) is 0 Å². The Morgan fingerprint density at radius 1 is 1.44 bits per heavy atom. The predicted octanol–water partition coefficient (Wildman–Crippen LogP) is 1.34. The van der Waals surface area contributed by atoms with Gasteiger partial charge in [0.15, 0.2) is 0 Å². The Labute approximate surface area is 107 Å². The Morgan fingerprint density at radius 2 is 2.25 bits per heavy atom. The Kier molecular flexibility index (Phi) is 7.32. The summed E-state index contributed by atoms with van der Waals surface area (Å²) in [6.45, 7) is 5.80. The van der Waals surface area contributed by atoms with Crippen LogP contribution in [0, 0.1) is 0 Å². The fraction of sp³-hybridized carbons (Fsp3) is 0.909. The van der Waals surface area contributed by atoms with Gasteiger partial charge in [0.2, 0.25) is 5.91 Å². The third-order valence-corrected chi connectivity index (χ3v) is 5.08. The van der Waals surface area contributed by atoms with Crippen LogP contribution < -0.4 is 10.6 Å². The minimum Gasteiger partial charge on any atom is -0.354 e. The summed E-state index contributed by atoms with van der Waals surface area (Å²) in [5.74, 6) is 3.95. The zero-order valence-corrected chi connectivity index (χ0v) is 11.8. The summed E-state index contributed by atoms with van der Waals surface area (Å²) in [7, 11) is 0. The lowest BCUT2D eigenvalue weighted by Gasteiger charge is -2.21. The maximum absolute atomic E-state index is 11.3. The van der Waals surface area contributed by atoms with Gasteiger partial charge in [-0.1, -0.05) is 0 Å². The minimum atomic E-state index is 0.146. The topological polar surface area (TPSA) is 41.1 Å². The van der Waals surface area contributed by atoms with Gasteiger partial charge in [0, 0.05) is 48.1 Å². The number of amides is 1. The van der Waals surface area contributed by atoms with Crippen LogP contribution in [0.15, 0.2) is 0 Å². The summed E-state index contributed by atoms with van der Waals surface area (Å²) >= 11 is 4.08. The summed E-state index contributed by atoms with van der Waals surface area (Å²) in [4.78, 5) is 11.3. The molecule has 0 spiro atoms. The second kappa shape index (κ2) is 8.25. The zero-order valence-electron chi connectivity index (χ0n) is 10.1. The fourth-order valence-electron chi connectivity index (χ4n) is 1.51. The molecule has 0 saturated carbocycles. The number of hydrogen-bond donors (Lipinski definition) is 2. The van der Waals surface area contributed by atoms with Crippen molar-refractivity contribution in [1.29, 1.82) is 0 Å². The first-order valence-corrected chi connectivity index (χ1v) is 8.08. The third kappa shape index (κ3) is 6.66. The van der Waals surface area contributed by atoms with Crippen LogP contribution >= 0.6 is 23.5 Å². The van der Waals surface area contributed by atoms with Crippen LogP contribution in [0.2, 0.25) is 0 Å². The van der Waals surface area contributed by atoms with Gasteiger partial charge in [-0.25, -0.2) is 0 Å². The molecule has 1 saturated heterocycles. The van der Waals surface area contributed by atoms with Crippen LogP contribution in [-0.2, 0) is 4.79 Å². The summed E-state index contributed by atoms with van der Waals surface area (Å²) in [5.41, 5.74) is 0. The van der Waals surface area contributed by atoms with E-state index in [0.717, 1.165) is 18.3 Å². The molecule has 0 radical (unpaired) electrons. The van der Waals surface area contributed by atoms with Crippen molar-refractivity contribution in [2.24, 2.45) is 0 Å². The Morgan fingerprint density at radius 3 is 2.88 bits per heavy atom. The van der Waals surface area contributed by atoms with Crippen LogP contribution in [0.5, 0.6) is 0 Å². The zero-order chi connectivity index (χ0) is 11.8. The Bertz CT molecular complexity index is 206. The molecule has 1 unspecified atom stereocenters. The van der Waals surface area contributed by atoms with Gasteiger partial charge in [-0.2, -0.15) is 23.5 Å². The summed E-state index contributed by atoms with van der Waals surface area (Å²) in [5, 5.41) is 6.99. The van der Waals surface area contributed by atoms with E-state index in [1.807, 2.05) is 37.4 Å². The van der Waals surface area contributed by atoms with Crippen LogP contribution in [-0.4, -0.2) is 47.5 Å². The van der Waals surface area contributed by atoms with Crippen molar-refractivity contribution in [1.82, 2.24) is 10.6 Å². The first-order valence-electron chi connectivity index (χ1n) is 5.88. The number of carbonyl (C=O) groups is 1. The van der Waals surface area contributed by atoms with Gasteiger partial charge in [-0.05, 0) is 13.8 Å². The highest BCUT2D eigenvalue weighted by Gasteiger charge is 2.13. The quantitative estimate of drug-likeness (QED) is 0.709. The predicted molar refractivity (Wildman–Crippen MR) is 74.3 cm³/mol. The molecular weight excluding hydrogens is 240 g/mol. The molecule has 3 nitrogen and oxygen atoms in total. The van der Waals surface area contributed by atoms with Crippen molar-refractivity contribution in [2.45, 2.75) is 31.6 Å². The molecule has 0 aliphatic carbocycles. The molecule has 2 N–H and O–H groups in total. The molecule has 94 valence electrons. The molecule has 0 bridgehead atoms. The van der Waals surface area contributed by atoms with Crippen molar-refractivity contribution in [3.8, 4) is 0 Å². The highest BCUT2D eigenvalue weighted by atomic mass is 32.2. The summed E-state index contributed by atoms with van der Waals surface area (Å²) in [6.07, 6.45) is 0.586. The molecule has 0 aromatic carbocycles. The van der Waals surface area contributed by atoms with E-state index >= 15 is 0 Å². The first-order chi connectivity index (χ1) is 7.68. The SMILES string of the molecule is CC(C)NC(=O)CCNCC1CSCCS1. The van der Waals surface area contributed by atoms with E-state index in [2.05, 4.69) is 10.6 Å². The van der Waals surface area contributed by atoms with E-state index < -0.39 is 0 Å².